The Morgan fingerprint density at radius 2 is 2.05 bits per heavy atom. The Hall–Kier alpha value is -2.20. The molecule has 3 rings (SSSR count). The van der Waals surface area contributed by atoms with Gasteiger partial charge in [-0.1, -0.05) is 17.7 Å². The van der Waals surface area contributed by atoms with Gasteiger partial charge in [-0.25, -0.2) is 0 Å². The molecular formula is C17H16ClNO3. The highest BCUT2D eigenvalue weighted by Gasteiger charge is 2.17. The first-order valence-corrected chi connectivity index (χ1v) is 7.42. The van der Waals surface area contributed by atoms with Crippen molar-refractivity contribution in [1.82, 2.24) is 0 Å². The molecule has 1 heterocycles. The topological polar surface area (TPSA) is 40.0 Å². The van der Waals surface area contributed by atoms with Gasteiger partial charge in [0.05, 0.1) is 12.3 Å². The summed E-state index contributed by atoms with van der Waals surface area (Å²) in [5.74, 6) is 2.11. The molecule has 1 aliphatic heterocycles. The van der Waals surface area contributed by atoms with Gasteiger partial charge in [0.2, 0.25) is 6.79 Å². The number of halogens is 1. The highest BCUT2D eigenvalue weighted by Crippen LogP contribution is 2.38. The molecule has 0 saturated heterocycles. The second-order valence-corrected chi connectivity index (χ2v) is 5.23. The number of ether oxygens (including phenoxy) is 3. The Bertz CT molecular complexity index is 728. The summed E-state index contributed by atoms with van der Waals surface area (Å²) in [5, 5.41) is 0.699. The molecule has 0 unspecified atom stereocenters. The maximum absolute atomic E-state index is 6.12. The van der Waals surface area contributed by atoms with Crippen LogP contribution in [0.1, 0.15) is 18.1 Å². The number of hydrogen-bond donors (Lipinski definition) is 0. The van der Waals surface area contributed by atoms with Gasteiger partial charge >= 0.3 is 0 Å². The minimum absolute atomic E-state index is 0.231. The Morgan fingerprint density at radius 1 is 1.27 bits per heavy atom. The molecule has 2 aromatic carbocycles. The van der Waals surface area contributed by atoms with Crippen molar-refractivity contribution in [3.8, 4) is 17.2 Å². The molecule has 0 fully saturated rings. The van der Waals surface area contributed by atoms with E-state index in [0.717, 1.165) is 22.6 Å². The van der Waals surface area contributed by atoms with E-state index in [0.29, 0.717) is 23.1 Å². The summed E-state index contributed by atoms with van der Waals surface area (Å²) < 4.78 is 16.4. The Balaban J connectivity index is 1.97. The smallest absolute Gasteiger partial charge is 0.231 e. The van der Waals surface area contributed by atoms with Crippen LogP contribution >= 0.6 is 11.6 Å². The zero-order valence-corrected chi connectivity index (χ0v) is 13.2. The van der Waals surface area contributed by atoms with Gasteiger partial charge in [-0.2, -0.15) is 0 Å². The minimum atomic E-state index is 0.231. The van der Waals surface area contributed by atoms with Crippen LogP contribution in [0.2, 0.25) is 5.02 Å². The van der Waals surface area contributed by atoms with E-state index in [1.807, 2.05) is 44.2 Å². The number of hydrogen-bond acceptors (Lipinski definition) is 4. The van der Waals surface area contributed by atoms with Crippen molar-refractivity contribution in [2.24, 2.45) is 4.99 Å². The summed E-state index contributed by atoms with van der Waals surface area (Å²) in [4.78, 5) is 4.52. The third-order valence-corrected chi connectivity index (χ3v) is 3.80. The molecular weight excluding hydrogens is 302 g/mol. The molecule has 0 atom stereocenters. The van der Waals surface area contributed by atoms with Gasteiger partial charge in [0.15, 0.2) is 11.5 Å². The summed E-state index contributed by atoms with van der Waals surface area (Å²) in [6.07, 6.45) is 1.76. The fraction of sp³-hybridized carbons (Fsp3) is 0.235. The molecule has 4 nitrogen and oxygen atoms in total. The molecule has 2 aromatic rings. The van der Waals surface area contributed by atoms with E-state index in [2.05, 4.69) is 4.99 Å². The van der Waals surface area contributed by atoms with Gasteiger partial charge in [0.25, 0.3) is 0 Å². The van der Waals surface area contributed by atoms with Crippen molar-refractivity contribution in [2.75, 3.05) is 13.4 Å². The third-order valence-electron chi connectivity index (χ3n) is 3.39. The standard InChI is InChI=1S/C17H16ClNO3/c1-3-20-15-8-17-16(21-10-22-17)7-12(15)9-19-14-6-4-5-13(18)11(14)2/h4-9H,3,10H2,1-2H3. The lowest BCUT2D eigenvalue weighted by Gasteiger charge is -2.08. The van der Waals surface area contributed by atoms with E-state index in [4.69, 9.17) is 25.8 Å². The number of fused-ring (bicyclic) bond motifs is 1. The first kappa shape index (κ1) is 14.7. The highest BCUT2D eigenvalue weighted by atomic mass is 35.5. The predicted octanol–water partition coefficient (Wildman–Crippen LogP) is 4.53. The Kier molecular flexibility index (Phi) is 4.20. The van der Waals surface area contributed by atoms with Crippen molar-refractivity contribution in [2.45, 2.75) is 13.8 Å². The van der Waals surface area contributed by atoms with Crippen LogP contribution in [0.25, 0.3) is 0 Å². The van der Waals surface area contributed by atoms with Gasteiger partial charge in [-0.05, 0) is 37.6 Å². The quantitative estimate of drug-likeness (QED) is 0.778. The molecule has 0 aliphatic carbocycles. The van der Waals surface area contributed by atoms with Gasteiger partial charge in [0.1, 0.15) is 5.75 Å². The molecule has 5 heteroatoms. The van der Waals surface area contributed by atoms with Gasteiger partial charge in [0, 0.05) is 22.9 Å². The van der Waals surface area contributed by atoms with Crippen molar-refractivity contribution < 1.29 is 14.2 Å². The summed E-state index contributed by atoms with van der Waals surface area (Å²) in [7, 11) is 0. The number of benzene rings is 2. The first-order chi connectivity index (χ1) is 10.7. The fourth-order valence-corrected chi connectivity index (χ4v) is 2.37. The van der Waals surface area contributed by atoms with Gasteiger partial charge in [-0.15, -0.1) is 0 Å². The van der Waals surface area contributed by atoms with Crippen LogP contribution in [0, 0.1) is 6.92 Å². The van der Waals surface area contributed by atoms with Crippen LogP contribution in [-0.2, 0) is 0 Å². The lowest BCUT2D eigenvalue weighted by atomic mass is 10.1. The average Bonchev–Trinajstić information content (AvgIpc) is 2.96. The SMILES string of the molecule is CCOc1cc2c(cc1C=Nc1cccc(Cl)c1C)OCO2. The van der Waals surface area contributed by atoms with Crippen LogP contribution in [0.4, 0.5) is 5.69 Å². The number of rotatable bonds is 4. The molecule has 0 saturated carbocycles. The second kappa shape index (κ2) is 6.28. The zero-order valence-electron chi connectivity index (χ0n) is 12.4. The predicted molar refractivity (Wildman–Crippen MR) is 87.2 cm³/mol. The molecule has 0 aromatic heterocycles. The largest absolute Gasteiger partial charge is 0.493 e. The maximum atomic E-state index is 6.12. The number of aliphatic imine (C=N–C) groups is 1. The average molecular weight is 318 g/mol. The van der Waals surface area contributed by atoms with Crippen molar-refractivity contribution in [1.29, 1.82) is 0 Å². The van der Waals surface area contributed by atoms with Gasteiger partial charge < -0.3 is 14.2 Å². The van der Waals surface area contributed by atoms with Crippen molar-refractivity contribution in [3.05, 3.63) is 46.5 Å². The lowest BCUT2D eigenvalue weighted by Crippen LogP contribution is -1.96. The van der Waals surface area contributed by atoms with E-state index in [9.17, 15) is 0 Å². The number of nitrogens with zero attached hydrogens (tertiary/aromatic N) is 1. The van der Waals surface area contributed by atoms with Gasteiger partial charge in [-0.3, -0.25) is 4.99 Å². The van der Waals surface area contributed by atoms with Crippen molar-refractivity contribution >= 4 is 23.5 Å². The molecule has 114 valence electrons. The van der Waals surface area contributed by atoms with Crippen LogP contribution in [0.15, 0.2) is 35.3 Å². The van der Waals surface area contributed by atoms with Crippen LogP contribution in [0.5, 0.6) is 17.2 Å². The second-order valence-electron chi connectivity index (χ2n) is 4.82. The molecule has 0 spiro atoms. The van der Waals surface area contributed by atoms with Crippen LogP contribution in [0.3, 0.4) is 0 Å². The summed E-state index contributed by atoms with van der Waals surface area (Å²) in [6, 6.07) is 9.35. The molecule has 22 heavy (non-hydrogen) atoms. The molecule has 0 amide bonds. The maximum Gasteiger partial charge on any atom is 0.231 e. The third kappa shape index (κ3) is 2.88. The van der Waals surface area contributed by atoms with E-state index in [-0.39, 0.29) is 6.79 Å². The summed E-state index contributed by atoms with van der Waals surface area (Å²) in [6.45, 7) is 4.68. The van der Waals surface area contributed by atoms with E-state index < -0.39 is 0 Å². The Morgan fingerprint density at radius 3 is 2.82 bits per heavy atom. The zero-order chi connectivity index (χ0) is 15.5. The molecule has 1 aliphatic rings. The molecule has 0 N–H and O–H groups in total. The van der Waals surface area contributed by atoms with E-state index in [1.165, 1.54) is 0 Å². The van der Waals surface area contributed by atoms with Crippen LogP contribution in [-0.4, -0.2) is 19.6 Å². The lowest BCUT2D eigenvalue weighted by molar-refractivity contribution is 0.174. The fourth-order valence-electron chi connectivity index (χ4n) is 2.20. The summed E-state index contributed by atoms with van der Waals surface area (Å²) in [5.41, 5.74) is 2.61. The van der Waals surface area contributed by atoms with E-state index >= 15 is 0 Å². The minimum Gasteiger partial charge on any atom is -0.493 e. The van der Waals surface area contributed by atoms with Crippen LogP contribution < -0.4 is 14.2 Å². The molecule has 0 bridgehead atoms. The highest BCUT2D eigenvalue weighted by molar-refractivity contribution is 6.31. The van der Waals surface area contributed by atoms with Crippen molar-refractivity contribution in [3.63, 3.8) is 0 Å². The first-order valence-electron chi connectivity index (χ1n) is 7.04. The van der Waals surface area contributed by atoms with E-state index in [1.54, 1.807) is 6.21 Å². The monoisotopic (exact) mass is 317 g/mol. The normalized spacial score (nSPS) is 12.9. The summed E-state index contributed by atoms with van der Waals surface area (Å²) >= 11 is 6.12. The Labute approximate surface area is 134 Å². The molecule has 0 radical (unpaired) electrons.